The topological polar surface area (TPSA) is 38.7 Å². The molecule has 2 rings (SSSR count). The highest BCUT2D eigenvalue weighted by Crippen LogP contribution is 2.47. The van der Waals surface area contributed by atoms with Crippen LogP contribution in [-0.2, 0) is 9.47 Å². The lowest BCUT2D eigenvalue weighted by Crippen LogP contribution is -2.44. The van der Waals surface area contributed by atoms with Gasteiger partial charge in [-0.15, -0.1) is 0 Å². The largest absolute Gasteiger partial charge is 0.396 e. The van der Waals surface area contributed by atoms with Gasteiger partial charge in [-0.2, -0.15) is 0 Å². The van der Waals surface area contributed by atoms with Crippen LogP contribution in [0, 0.1) is 11.3 Å². The summed E-state index contributed by atoms with van der Waals surface area (Å²) in [5, 5.41) is 9.82. The van der Waals surface area contributed by atoms with Crippen molar-refractivity contribution in [1.82, 2.24) is 0 Å². The number of rotatable bonds is 4. The lowest BCUT2D eigenvalue weighted by Gasteiger charge is -2.45. The zero-order valence-corrected chi connectivity index (χ0v) is 10.7. The molecule has 0 aromatic rings. The summed E-state index contributed by atoms with van der Waals surface area (Å²) >= 11 is 0. The first-order chi connectivity index (χ1) is 8.32. The second-order valence-electron chi connectivity index (χ2n) is 5.37. The SMILES string of the molecule is COCO[C@H]1CCC[C@]2(CO)CCCC=C[C@H]12. The molecule has 0 aromatic heterocycles. The van der Waals surface area contributed by atoms with Gasteiger partial charge in [0.15, 0.2) is 0 Å². The van der Waals surface area contributed by atoms with Crippen molar-refractivity contribution in [2.45, 2.75) is 44.6 Å². The molecule has 3 nitrogen and oxygen atoms in total. The van der Waals surface area contributed by atoms with E-state index >= 15 is 0 Å². The molecule has 3 heteroatoms. The summed E-state index contributed by atoms with van der Waals surface area (Å²) in [5.41, 5.74) is 0.0592. The van der Waals surface area contributed by atoms with Crippen LogP contribution in [0.3, 0.4) is 0 Å². The van der Waals surface area contributed by atoms with Crippen LogP contribution in [0.25, 0.3) is 0 Å². The van der Waals surface area contributed by atoms with Crippen LogP contribution in [0.2, 0.25) is 0 Å². The van der Waals surface area contributed by atoms with E-state index < -0.39 is 0 Å². The Kier molecular flexibility index (Phi) is 4.60. The van der Waals surface area contributed by atoms with Crippen molar-refractivity contribution < 1.29 is 14.6 Å². The predicted octanol–water partition coefficient (Wildman–Crippen LogP) is 2.49. The maximum absolute atomic E-state index is 9.82. The van der Waals surface area contributed by atoms with Gasteiger partial charge in [0, 0.05) is 25.0 Å². The van der Waals surface area contributed by atoms with Crippen molar-refractivity contribution in [2.24, 2.45) is 11.3 Å². The van der Waals surface area contributed by atoms with E-state index in [1.54, 1.807) is 7.11 Å². The summed E-state index contributed by atoms with van der Waals surface area (Å²) in [6.45, 7) is 0.644. The molecular weight excluding hydrogens is 216 g/mol. The molecule has 0 unspecified atom stereocenters. The monoisotopic (exact) mass is 240 g/mol. The summed E-state index contributed by atoms with van der Waals surface area (Å²) in [4.78, 5) is 0. The number of fused-ring (bicyclic) bond motifs is 1. The Morgan fingerprint density at radius 2 is 2.18 bits per heavy atom. The third-order valence-corrected chi connectivity index (χ3v) is 4.37. The summed E-state index contributed by atoms with van der Waals surface area (Å²) < 4.78 is 10.8. The van der Waals surface area contributed by atoms with E-state index in [1.165, 1.54) is 6.42 Å². The molecule has 1 N–H and O–H groups in total. The molecule has 0 radical (unpaired) electrons. The average molecular weight is 240 g/mol. The Morgan fingerprint density at radius 1 is 1.35 bits per heavy atom. The lowest BCUT2D eigenvalue weighted by molar-refractivity contribution is -0.129. The Bertz CT molecular complexity index is 264. The van der Waals surface area contributed by atoms with Gasteiger partial charge >= 0.3 is 0 Å². The first-order valence-corrected chi connectivity index (χ1v) is 6.70. The van der Waals surface area contributed by atoms with E-state index in [4.69, 9.17) is 9.47 Å². The van der Waals surface area contributed by atoms with Crippen molar-refractivity contribution in [3.8, 4) is 0 Å². The van der Waals surface area contributed by atoms with Gasteiger partial charge in [0.1, 0.15) is 6.79 Å². The Hall–Kier alpha value is -0.380. The van der Waals surface area contributed by atoms with Gasteiger partial charge in [-0.1, -0.05) is 18.6 Å². The fraction of sp³-hybridized carbons (Fsp3) is 0.857. The predicted molar refractivity (Wildman–Crippen MR) is 66.6 cm³/mol. The number of methoxy groups -OCH3 is 1. The standard InChI is InChI=1S/C14H24O3/c1-16-11-17-13-7-5-9-14(10-15)8-4-2-3-6-12(13)14/h3,6,12-13,15H,2,4-5,7-11H2,1H3/t12-,13+,14+/m1/s1. The van der Waals surface area contributed by atoms with Crippen LogP contribution in [0.15, 0.2) is 12.2 Å². The maximum Gasteiger partial charge on any atom is 0.146 e. The third-order valence-electron chi connectivity index (χ3n) is 4.37. The summed E-state index contributed by atoms with van der Waals surface area (Å²) in [5.74, 6) is 0.360. The highest BCUT2D eigenvalue weighted by atomic mass is 16.7. The fourth-order valence-electron chi connectivity index (χ4n) is 3.44. The Morgan fingerprint density at radius 3 is 2.94 bits per heavy atom. The molecule has 0 amide bonds. The second kappa shape index (κ2) is 5.98. The quantitative estimate of drug-likeness (QED) is 0.606. The van der Waals surface area contributed by atoms with Crippen LogP contribution in [0.5, 0.6) is 0 Å². The number of ether oxygens (including phenoxy) is 2. The lowest BCUT2D eigenvalue weighted by atomic mass is 9.63. The van der Waals surface area contributed by atoms with E-state index in [0.717, 1.165) is 32.1 Å². The molecule has 0 heterocycles. The molecule has 0 spiro atoms. The van der Waals surface area contributed by atoms with Crippen molar-refractivity contribution in [2.75, 3.05) is 20.5 Å². The smallest absolute Gasteiger partial charge is 0.146 e. The van der Waals surface area contributed by atoms with Crippen LogP contribution in [0.1, 0.15) is 38.5 Å². The molecule has 2 aliphatic carbocycles. The highest BCUT2D eigenvalue weighted by molar-refractivity contribution is 5.07. The van der Waals surface area contributed by atoms with Gasteiger partial charge in [0.25, 0.3) is 0 Å². The minimum Gasteiger partial charge on any atom is -0.396 e. The van der Waals surface area contributed by atoms with Crippen molar-refractivity contribution in [3.05, 3.63) is 12.2 Å². The summed E-state index contributed by atoms with van der Waals surface area (Å²) in [6.07, 6.45) is 11.6. The number of allylic oxidation sites excluding steroid dienone is 1. The van der Waals surface area contributed by atoms with E-state index in [1.807, 2.05) is 0 Å². The van der Waals surface area contributed by atoms with Gasteiger partial charge in [-0.3, -0.25) is 0 Å². The number of aliphatic hydroxyl groups excluding tert-OH is 1. The van der Waals surface area contributed by atoms with E-state index in [0.29, 0.717) is 12.7 Å². The van der Waals surface area contributed by atoms with Crippen molar-refractivity contribution in [3.63, 3.8) is 0 Å². The molecule has 0 saturated heterocycles. The molecular formula is C14H24O3. The van der Waals surface area contributed by atoms with Crippen molar-refractivity contribution >= 4 is 0 Å². The van der Waals surface area contributed by atoms with Gasteiger partial charge in [-0.05, 0) is 32.1 Å². The molecule has 1 saturated carbocycles. The minimum atomic E-state index is 0.0592. The molecule has 17 heavy (non-hydrogen) atoms. The molecule has 0 bridgehead atoms. The number of hydrogen-bond acceptors (Lipinski definition) is 3. The fourth-order valence-corrected chi connectivity index (χ4v) is 3.44. The second-order valence-corrected chi connectivity index (χ2v) is 5.37. The van der Waals surface area contributed by atoms with Crippen LogP contribution >= 0.6 is 0 Å². The Labute approximate surface area is 104 Å². The molecule has 0 aliphatic heterocycles. The minimum absolute atomic E-state index is 0.0592. The van der Waals surface area contributed by atoms with E-state index in [2.05, 4.69) is 12.2 Å². The van der Waals surface area contributed by atoms with Crippen LogP contribution < -0.4 is 0 Å². The maximum atomic E-state index is 9.82. The average Bonchev–Trinajstić information content (AvgIpc) is 2.59. The summed E-state index contributed by atoms with van der Waals surface area (Å²) in [6, 6.07) is 0. The van der Waals surface area contributed by atoms with Crippen LogP contribution in [-0.4, -0.2) is 31.7 Å². The van der Waals surface area contributed by atoms with E-state index in [9.17, 15) is 5.11 Å². The zero-order chi connectivity index (χ0) is 12.1. The third kappa shape index (κ3) is 2.72. The van der Waals surface area contributed by atoms with Gasteiger partial charge in [0.2, 0.25) is 0 Å². The first kappa shape index (κ1) is 13.1. The highest BCUT2D eigenvalue weighted by Gasteiger charge is 2.44. The number of aliphatic hydroxyl groups is 1. The van der Waals surface area contributed by atoms with Crippen LogP contribution in [0.4, 0.5) is 0 Å². The zero-order valence-electron chi connectivity index (χ0n) is 10.7. The molecule has 3 atom stereocenters. The van der Waals surface area contributed by atoms with E-state index in [-0.39, 0.29) is 18.1 Å². The Balaban J connectivity index is 2.13. The van der Waals surface area contributed by atoms with Gasteiger partial charge in [-0.25, -0.2) is 0 Å². The molecule has 1 fully saturated rings. The normalized spacial score (nSPS) is 37.5. The van der Waals surface area contributed by atoms with Gasteiger partial charge in [0.05, 0.1) is 6.10 Å². The molecule has 98 valence electrons. The molecule has 0 aromatic carbocycles. The molecule has 2 aliphatic rings. The van der Waals surface area contributed by atoms with Gasteiger partial charge < -0.3 is 14.6 Å². The summed E-state index contributed by atoms with van der Waals surface area (Å²) in [7, 11) is 1.66. The van der Waals surface area contributed by atoms with Crippen molar-refractivity contribution in [1.29, 1.82) is 0 Å². The first-order valence-electron chi connectivity index (χ1n) is 6.70. The number of hydrogen-bond donors (Lipinski definition) is 1.